The van der Waals surface area contributed by atoms with Gasteiger partial charge < -0.3 is 20.1 Å². The van der Waals surface area contributed by atoms with Gasteiger partial charge in [0.05, 0.1) is 31.2 Å². The van der Waals surface area contributed by atoms with Gasteiger partial charge in [-0.05, 0) is 31.7 Å². The monoisotopic (exact) mass is 442 g/mol. The van der Waals surface area contributed by atoms with E-state index in [1.165, 1.54) is 16.4 Å². The van der Waals surface area contributed by atoms with Gasteiger partial charge in [0.15, 0.2) is 0 Å². The van der Waals surface area contributed by atoms with E-state index in [0.717, 1.165) is 6.42 Å². The SMILES string of the molecule is COCCCNC(=O)CN(C)CC(=O)Nc1cccc(S(=O)(=O)N2CCOCC2)c1. The van der Waals surface area contributed by atoms with Crippen LogP contribution in [0.25, 0.3) is 0 Å². The van der Waals surface area contributed by atoms with Crippen LogP contribution >= 0.6 is 0 Å². The first-order valence-electron chi connectivity index (χ1n) is 9.75. The van der Waals surface area contributed by atoms with Crippen LogP contribution in [0.2, 0.25) is 0 Å². The average molecular weight is 443 g/mol. The first-order chi connectivity index (χ1) is 14.3. The lowest BCUT2D eigenvalue weighted by molar-refractivity contribution is -0.123. The number of sulfonamides is 1. The van der Waals surface area contributed by atoms with Gasteiger partial charge in [0, 0.05) is 39.0 Å². The van der Waals surface area contributed by atoms with Gasteiger partial charge in [0.1, 0.15) is 0 Å². The van der Waals surface area contributed by atoms with Crippen LogP contribution in [0.5, 0.6) is 0 Å². The van der Waals surface area contributed by atoms with Crippen molar-refractivity contribution < 1.29 is 27.5 Å². The zero-order chi connectivity index (χ0) is 22.0. The summed E-state index contributed by atoms with van der Waals surface area (Å²) in [4.78, 5) is 25.8. The number of anilines is 1. The molecule has 2 amide bonds. The van der Waals surface area contributed by atoms with E-state index in [4.69, 9.17) is 9.47 Å². The number of morpholine rings is 1. The lowest BCUT2D eigenvalue weighted by atomic mass is 10.3. The van der Waals surface area contributed by atoms with E-state index in [0.29, 0.717) is 45.1 Å². The zero-order valence-corrected chi connectivity index (χ0v) is 18.2. The molecule has 1 fully saturated rings. The Morgan fingerprint density at radius 3 is 2.60 bits per heavy atom. The molecule has 1 aliphatic rings. The number of ether oxygens (including phenoxy) is 2. The molecular formula is C19H30N4O6S. The van der Waals surface area contributed by atoms with Crippen molar-refractivity contribution in [3.63, 3.8) is 0 Å². The largest absolute Gasteiger partial charge is 0.385 e. The standard InChI is InChI=1S/C19H30N4O6S/c1-22(14-18(24)20-7-4-10-28-2)15-19(25)21-16-5-3-6-17(13-16)30(26,27)23-8-11-29-12-9-23/h3,5-6,13H,4,7-12,14-15H2,1-2H3,(H,20,24)(H,21,25). The number of nitrogens with zero attached hydrogens (tertiary/aromatic N) is 2. The topological polar surface area (TPSA) is 117 Å². The van der Waals surface area contributed by atoms with Crippen LogP contribution in [0.1, 0.15) is 6.42 Å². The van der Waals surface area contributed by atoms with E-state index < -0.39 is 10.0 Å². The number of nitrogens with one attached hydrogen (secondary N) is 2. The van der Waals surface area contributed by atoms with Gasteiger partial charge in [-0.25, -0.2) is 8.42 Å². The van der Waals surface area contributed by atoms with Crippen molar-refractivity contribution in [1.29, 1.82) is 0 Å². The van der Waals surface area contributed by atoms with E-state index in [9.17, 15) is 18.0 Å². The number of amides is 2. The van der Waals surface area contributed by atoms with Gasteiger partial charge in [-0.3, -0.25) is 14.5 Å². The summed E-state index contributed by atoms with van der Waals surface area (Å²) < 4.78 is 37.0. The smallest absolute Gasteiger partial charge is 0.243 e. The predicted octanol–water partition coefficient (Wildman–Crippen LogP) is -0.269. The second-order valence-electron chi connectivity index (χ2n) is 6.96. The number of rotatable bonds is 11. The predicted molar refractivity (Wildman–Crippen MR) is 112 cm³/mol. The molecule has 10 nitrogen and oxygen atoms in total. The van der Waals surface area contributed by atoms with E-state index in [2.05, 4.69) is 10.6 Å². The van der Waals surface area contributed by atoms with Crippen LogP contribution in [0.4, 0.5) is 5.69 Å². The molecule has 0 aliphatic carbocycles. The van der Waals surface area contributed by atoms with Gasteiger partial charge in [-0.2, -0.15) is 4.31 Å². The number of hydrogen-bond acceptors (Lipinski definition) is 7. The molecule has 1 aromatic rings. The first kappa shape index (κ1) is 24.2. The van der Waals surface area contributed by atoms with Crippen molar-refractivity contribution in [3.05, 3.63) is 24.3 Å². The molecule has 30 heavy (non-hydrogen) atoms. The first-order valence-corrected chi connectivity index (χ1v) is 11.2. The average Bonchev–Trinajstić information content (AvgIpc) is 2.72. The molecule has 0 spiro atoms. The summed E-state index contributed by atoms with van der Waals surface area (Å²) in [5.41, 5.74) is 0.381. The molecule has 0 saturated carbocycles. The molecule has 2 rings (SSSR count). The summed E-state index contributed by atoms with van der Waals surface area (Å²) in [6.45, 7) is 2.48. The molecule has 1 aromatic carbocycles. The van der Waals surface area contributed by atoms with E-state index >= 15 is 0 Å². The number of likely N-dealkylation sites (N-methyl/N-ethyl adjacent to an activating group) is 1. The molecule has 0 aromatic heterocycles. The van der Waals surface area contributed by atoms with E-state index in [-0.39, 0.29) is 29.8 Å². The molecule has 1 heterocycles. The van der Waals surface area contributed by atoms with Gasteiger partial charge in [-0.15, -0.1) is 0 Å². The van der Waals surface area contributed by atoms with Crippen LogP contribution in [-0.2, 0) is 29.1 Å². The van der Waals surface area contributed by atoms with Crippen LogP contribution in [0.15, 0.2) is 29.2 Å². The number of hydrogen-bond donors (Lipinski definition) is 2. The second-order valence-corrected chi connectivity index (χ2v) is 8.90. The highest BCUT2D eigenvalue weighted by atomic mass is 32.2. The van der Waals surface area contributed by atoms with Crippen molar-refractivity contribution in [1.82, 2.24) is 14.5 Å². The van der Waals surface area contributed by atoms with Crippen LogP contribution in [0.3, 0.4) is 0 Å². The fourth-order valence-corrected chi connectivity index (χ4v) is 4.37. The van der Waals surface area contributed by atoms with Gasteiger partial charge in [0.25, 0.3) is 0 Å². The molecule has 1 saturated heterocycles. The Morgan fingerprint density at radius 1 is 1.20 bits per heavy atom. The van der Waals surface area contributed by atoms with Crippen LogP contribution in [-0.4, -0.2) is 96.1 Å². The fourth-order valence-electron chi connectivity index (χ4n) is 2.92. The molecule has 0 bridgehead atoms. The van der Waals surface area contributed by atoms with Crippen molar-refractivity contribution in [2.75, 3.05) is 72.0 Å². The number of methoxy groups -OCH3 is 1. The third-order valence-corrected chi connectivity index (χ3v) is 6.29. The van der Waals surface area contributed by atoms with Crippen molar-refractivity contribution in [2.24, 2.45) is 0 Å². The lowest BCUT2D eigenvalue weighted by Crippen LogP contribution is -2.40. The van der Waals surface area contributed by atoms with Crippen LogP contribution < -0.4 is 10.6 Å². The van der Waals surface area contributed by atoms with E-state index in [1.54, 1.807) is 31.2 Å². The molecule has 11 heteroatoms. The minimum atomic E-state index is -3.64. The Hall–Kier alpha value is -2.05. The molecule has 2 N–H and O–H groups in total. The normalized spacial score (nSPS) is 15.2. The Bertz CT molecular complexity index is 811. The summed E-state index contributed by atoms with van der Waals surface area (Å²) in [5.74, 6) is -0.523. The Balaban J connectivity index is 1.86. The summed E-state index contributed by atoms with van der Waals surface area (Å²) in [6, 6.07) is 6.14. The number of carbonyl (C=O) groups excluding carboxylic acids is 2. The van der Waals surface area contributed by atoms with E-state index in [1.807, 2.05) is 0 Å². The minimum Gasteiger partial charge on any atom is -0.385 e. The maximum absolute atomic E-state index is 12.7. The molecule has 0 radical (unpaired) electrons. The van der Waals surface area contributed by atoms with Crippen molar-refractivity contribution in [2.45, 2.75) is 11.3 Å². The highest BCUT2D eigenvalue weighted by Gasteiger charge is 2.26. The lowest BCUT2D eigenvalue weighted by Gasteiger charge is -2.26. The zero-order valence-electron chi connectivity index (χ0n) is 17.4. The minimum absolute atomic E-state index is 0.00800. The Kier molecular flexibility index (Phi) is 9.66. The van der Waals surface area contributed by atoms with Crippen molar-refractivity contribution >= 4 is 27.5 Å². The number of benzene rings is 1. The second kappa shape index (κ2) is 12.0. The quantitative estimate of drug-likeness (QED) is 0.453. The Labute approximate surface area is 177 Å². The highest BCUT2D eigenvalue weighted by Crippen LogP contribution is 2.20. The van der Waals surface area contributed by atoms with Crippen molar-refractivity contribution in [3.8, 4) is 0 Å². The Morgan fingerprint density at radius 2 is 1.90 bits per heavy atom. The third-order valence-electron chi connectivity index (χ3n) is 4.40. The maximum Gasteiger partial charge on any atom is 0.243 e. The molecular weight excluding hydrogens is 412 g/mol. The van der Waals surface area contributed by atoms with Gasteiger partial charge in [0.2, 0.25) is 21.8 Å². The molecule has 1 aliphatic heterocycles. The fraction of sp³-hybridized carbons (Fsp3) is 0.579. The number of carbonyl (C=O) groups is 2. The summed E-state index contributed by atoms with van der Waals surface area (Å²) in [6.07, 6.45) is 0.718. The summed E-state index contributed by atoms with van der Waals surface area (Å²) in [5, 5.41) is 5.44. The summed E-state index contributed by atoms with van der Waals surface area (Å²) >= 11 is 0. The maximum atomic E-state index is 12.7. The summed E-state index contributed by atoms with van der Waals surface area (Å²) in [7, 11) is -0.383. The van der Waals surface area contributed by atoms with Gasteiger partial charge >= 0.3 is 0 Å². The third kappa shape index (κ3) is 7.65. The van der Waals surface area contributed by atoms with Crippen LogP contribution in [0, 0.1) is 0 Å². The molecule has 0 unspecified atom stereocenters. The molecule has 0 atom stereocenters. The van der Waals surface area contributed by atoms with Gasteiger partial charge in [-0.1, -0.05) is 6.07 Å². The highest BCUT2D eigenvalue weighted by molar-refractivity contribution is 7.89. The molecule has 168 valence electrons.